The van der Waals surface area contributed by atoms with Gasteiger partial charge in [0, 0.05) is 0 Å². The average molecular weight is 138 g/mol. The highest BCUT2D eigenvalue weighted by atomic mass is 16.7. The number of rotatable bonds is 2. The Bertz CT molecular complexity index is 101. The maximum absolute atomic E-state index is 9.49. The molecule has 9 heavy (non-hydrogen) atoms. The van der Waals surface area contributed by atoms with E-state index in [4.69, 9.17) is 20.4 Å². The molecule has 6 nitrogen and oxygen atoms in total. The SMILES string of the molecule is O=C(O)OCC(O)(O)O. The fraction of sp³-hybridized carbons (Fsp3) is 0.667. The molecule has 0 aromatic carbocycles. The zero-order valence-electron chi connectivity index (χ0n) is 4.31. The Kier molecular flexibility index (Phi) is 2.38. The van der Waals surface area contributed by atoms with Crippen LogP contribution in [0.4, 0.5) is 4.79 Å². The van der Waals surface area contributed by atoms with Gasteiger partial charge in [0.2, 0.25) is 0 Å². The van der Waals surface area contributed by atoms with Crippen LogP contribution in [0, 0.1) is 0 Å². The highest BCUT2D eigenvalue weighted by Crippen LogP contribution is 1.92. The molecule has 0 radical (unpaired) electrons. The van der Waals surface area contributed by atoms with Crippen molar-refractivity contribution in [2.45, 2.75) is 5.97 Å². The molecule has 0 bridgehead atoms. The van der Waals surface area contributed by atoms with Crippen molar-refractivity contribution in [3.8, 4) is 0 Å². The molecule has 0 aliphatic rings. The van der Waals surface area contributed by atoms with Gasteiger partial charge >= 0.3 is 12.1 Å². The van der Waals surface area contributed by atoms with Crippen LogP contribution < -0.4 is 0 Å². The summed E-state index contributed by atoms with van der Waals surface area (Å²) in [7, 11) is 0. The van der Waals surface area contributed by atoms with Crippen molar-refractivity contribution in [1.29, 1.82) is 0 Å². The number of ether oxygens (including phenoxy) is 1. The van der Waals surface area contributed by atoms with Gasteiger partial charge in [-0.25, -0.2) is 4.79 Å². The van der Waals surface area contributed by atoms with Gasteiger partial charge < -0.3 is 25.2 Å². The molecule has 0 rings (SSSR count). The summed E-state index contributed by atoms with van der Waals surface area (Å²) < 4.78 is 3.57. The fourth-order valence-corrected chi connectivity index (χ4v) is 0.159. The molecular formula is C3H6O6. The average Bonchev–Trinajstić information content (AvgIpc) is 1.59. The molecule has 0 saturated carbocycles. The standard InChI is InChI=1S/C3H6O6/c4-2(5)9-1-3(6,7)8/h6-8H,1H2,(H,4,5). The van der Waals surface area contributed by atoms with Crippen LogP contribution in [0.25, 0.3) is 0 Å². The van der Waals surface area contributed by atoms with Crippen molar-refractivity contribution >= 4 is 6.16 Å². The van der Waals surface area contributed by atoms with Gasteiger partial charge in [0.05, 0.1) is 0 Å². The summed E-state index contributed by atoms with van der Waals surface area (Å²) in [5, 5.41) is 31.7. The van der Waals surface area contributed by atoms with E-state index in [1.807, 2.05) is 0 Å². The van der Waals surface area contributed by atoms with E-state index in [1.165, 1.54) is 0 Å². The summed E-state index contributed by atoms with van der Waals surface area (Å²) in [5.74, 6) is -3.07. The van der Waals surface area contributed by atoms with Crippen LogP contribution >= 0.6 is 0 Å². The van der Waals surface area contributed by atoms with E-state index in [-0.39, 0.29) is 0 Å². The summed E-state index contributed by atoms with van der Waals surface area (Å²) in [6.07, 6.45) is -1.68. The van der Waals surface area contributed by atoms with E-state index in [2.05, 4.69) is 4.74 Å². The van der Waals surface area contributed by atoms with Crippen LogP contribution in [0.5, 0.6) is 0 Å². The van der Waals surface area contributed by atoms with Gasteiger partial charge in [-0.3, -0.25) is 0 Å². The number of carbonyl (C=O) groups is 1. The second-order valence-electron chi connectivity index (χ2n) is 1.33. The molecule has 0 heterocycles. The first kappa shape index (κ1) is 8.15. The van der Waals surface area contributed by atoms with E-state index < -0.39 is 18.7 Å². The Morgan fingerprint density at radius 2 is 1.89 bits per heavy atom. The lowest BCUT2D eigenvalue weighted by atomic mass is 10.6. The van der Waals surface area contributed by atoms with Crippen LogP contribution in [-0.4, -0.2) is 39.2 Å². The van der Waals surface area contributed by atoms with Gasteiger partial charge in [0.1, 0.15) is 0 Å². The molecule has 4 N–H and O–H groups in total. The Labute approximate surface area is 49.9 Å². The second-order valence-corrected chi connectivity index (χ2v) is 1.33. The number of hydrogen-bond acceptors (Lipinski definition) is 5. The maximum Gasteiger partial charge on any atom is 0.506 e. The van der Waals surface area contributed by atoms with Gasteiger partial charge in [-0.15, -0.1) is 0 Å². The molecule has 0 amide bonds. The predicted octanol–water partition coefficient (Wildman–Crippen LogP) is -1.69. The smallest absolute Gasteiger partial charge is 0.450 e. The van der Waals surface area contributed by atoms with E-state index >= 15 is 0 Å². The summed E-state index contributed by atoms with van der Waals surface area (Å²) in [6, 6.07) is 0. The fourth-order valence-electron chi connectivity index (χ4n) is 0.159. The lowest BCUT2D eigenvalue weighted by Gasteiger charge is -2.11. The van der Waals surface area contributed by atoms with Crippen molar-refractivity contribution in [3.05, 3.63) is 0 Å². The Hall–Kier alpha value is -0.850. The second kappa shape index (κ2) is 2.62. The van der Waals surface area contributed by atoms with Gasteiger partial charge in [-0.1, -0.05) is 0 Å². The van der Waals surface area contributed by atoms with E-state index in [1.54, 1.807) is 0 Å². The zero-order valence-corrected chi connectivity index (χ0v) is 4.31. The number of carboxylic acid groups (broad SMARTS) is 1. The van der Waals surface area contributed by atoms with E-state index in [9.17, 15) is 4.79 Å². The minimum atomic E-state index is -3.07. The van der Waals surface area contributed by atoms with Crippen LogP contribution in [0.3, 0.4) is 0 Å². The third kappa shape index (κ3) is 7.15. The zero-order chi connectivity index (χ0) is 7.49. The van der Waals surface area contributed by atoms with Crippen LogP contribution in [0.15, 0.2) is 0 Å². The van der Waals surface area contributed by atoms with Gasteiger partial charge in [0.25, 0.3) is 0 Å². The summed E-state index contributed by atoms with van der Waals surface area (Å²) in [6.45, 7) is -1.08. The summed E-state index contributed by atoms with van der Waals surface area (Å²) in [5.41, 5.74) is 0. The number of hydrogen-bond donors (Lipinski definition) is 4. The molecule has 0 aromatic rings. The topological polar surface area (TPSA) is 107 Å². The van der Waals surface area contributed by atoms with Crippen LogP contribution in [0.1, 0.15) is 0 Å². The molecule has 0 fully saturated rings. The van der Waals surface area contributed by atoms with Crippen molar-refractivity contribution in [3.63, 3.8) is 0 Å². The molecule has 0 atom stereocenters. The molecular weight excluding hydrogens is 132 g/mol. The highest BCUT2D eigenvalue weighted by Gasteiger charge is 2.20. The number of aliphatic hydroxyl groups is 3. The Morgan fingerprint density at radius 3 is 2.00 bits per heavy atom. The van der Waals surface area contributed by atoms with Crippen LogP contribution in [-0.2, 0) is 4.74 Å². The molecule has 0 aromatic heterocycles. The molecule has 0 spiro atoms. The lowest BCUT2D eigenvalue weighted by molar-refractivity contribution is -0.326. The van der Waals surface area contributed by atoms with Gasteiger partial charge in [-0.05, 0) is 0 Å². The van der Waals surface area contributed by atoms with Crippen LogP contribution in [0.2, 0.25) is 0 Å². The minimum absolute atomic E-state index is 1.08. The highest BCUT2D eigenvalue weighted by molar-refractivity contribution is 5.56. The quantitative estimate of drug-likeness (QED) is 0.268. The molecule has 54 valence electrons. The molecule has 0 aliphatic carbocycles. The maximum atomic E-state index is 9.49. The molecule has 0 saturated heterocycles. The van der Waals surface area contributed by atoms with Gasteiger partial charge in [-0.2, -0.15) is 0 Å². The van der Waals surface area contributed by atoms with E-state index in [0.717, 1.165) is 0 Å². The van der Waals surface area contributed by atoms with Crippen molar-refractivity contribution in [1.82, 2.24) is 0 Å². The third-order valence-electron chi connectivity index (χ3n) is 0.389. The predicted molar refractivity (Wildman–Crippen MR) is 23.4 cm³/mol. The molecule has 0 aliphatic heterocycles. The molecule has 0 unspecified atom stereocenters. The summed E-state index contributed by atoms with van der Waals surface area (Å²) in [4.78, 5) is 9.49. The lowest BCUT2D eigenvalue weighted by Crippen LogP contribution is -2.34. The van der Waals surface area contributed by atoms with Crippen molar-refractivity contribution in [2.75, 3.05) is 6.61 Å². The molecule has 6 heteroatoms. The first-order chi connectivity index (χ1) is 3.92. The Balaban J connectivity index is 3.39. The largest absolute Gasteiger partial charge is 0.506 e. The first-order valence-electron chi connectivity index (χ1n) is 1.94. The van der Waals surface area contributed by atoms with Crippen molar-refractivity contribution < 1.29 is 30.0 Å². The van der Waals surface area contributed by atoms with Crippen molar-refractivity contribution in [2.24, 2.45) is 0 Å². The normalized spacial score (nSPS) is 11.0. The first-order valence-corrected chi connectivity index (χ1v) is 1.94. The minimum Gasteiger partial charge on any atom is -0.450 e. The third-order valence-corrected chi connectivity index (χ3v) is 0.389. The van der Waals surface area contributed by atoms with Gasteiger partial charge in [0.15, 0.2) is 6.61 Å². The summed E-state index contributed by atoms with van der Waals surface area (Å²) >= 11 is 0. The Morgan fingerprint density at radius 1 is 1.44 bits per heavy atom. The monoisotopic (exact) mass is 138 g/mol. The van der Waals surface area contributed by atoms with E-state index in [0.29, 0.717) is 0 Å².